The van der Waals surface area contributed by atoms with Gasteiger partial charge in [-0.3, -0.25) is 9.59 Å². The number of anilines is 1. The van der Waals surface area contributed by atoms with E-state index in [0.717, 1.165) is 24.8 Å². The molecule has 1 aliphatic rings. The zero-order valence-electron chi connectivity index (χ0n) is 15.5. The van der Waals surface area contributed by atoms with Crippen LogP contribution in [0.3, 0.4) is 0 Å². The number of benzene rings is 2. The molecule has 0 saturated carbocycles. The molecule has 0 bridgehead atoms. The molecule has 0 saturated heterocycles. The lowest BCUT2D eigenvalue weighted by Crippen LogP contribution is -2.37. The average molecular weight is 350 g/mol. The van der Waals surface area contributed by atoms with Crippen LogP contribution in [0.25, 0.3) is 0 Å². The number of rotatable bonds is 4. The lowest BCUT2D eigenvalue weighted by molar-refractivity contribution is -0.136. The summed E-state index contributed by atoms with van der Waals surface area (Å²) in [6.45, 7) is 3.98. The Morgan fingerprint density at radius 2 is 1.65 bits per heavy atom. The Kier molecular flexibility index (Phi) is 5.71. The predicted molar refractivity (Wildman–Crippen MR) is 104 cm³/mol. The Bertz CT molecular complexity index is 796. The van der Waals surface area contributed by atoms with Crippen LogP contribution in [0.2, 0.25) is 0 Å². The van der Waals surface area contributed by atoms with E-state index < -0.39 is 11.8 Å². The highest BCUT2D eigenvalue weighted by molar-refractivity contribution is 6.39. The largest absolute Gasteiger partial charge is 0.341 e. The monoisotopic (exact) mass is 350 g/mol. The fourth-order valence-electron chi connectivity index (χ4n) is 3.38. The highest BCUT2D eigenvalue weighted by Crippen LogP contribution is 2.24. The van der Waals surface area contributed by atoms with Crippen LogP contribution >= 0.6 is 0 Å². The molecule has 0 aromatic heterocycles. The van der Waals surface area contributed by atoms with Gasteiger partial charge in [-0.05, 0) is 73.4 Å². The molecule has 26 heavy (non-hydrogen) atoms. The van der Waals surface area contributed by atoms with Gasteiger partial charge in [0.25, 0.3) is 0 Å². The van der Waals surface area contributed by atoms with Gasteiger partial charge in [-0.25, -0.2) is 0 Å². The molecule has 0 fully saturated rings. The predicted octanol–water partition coefficient (Wildman–Crippen LogP) is 3.94. The van der Waals surface area contributed by atoms with Crippen LogP contribution in [0.5, 0.6) is 0 Å². The number of hydrogen-bond donors (Lipinski definition) is 2. The number of aryl methyl sites for hydroxylation is 3. The van der Waals surface area contributed by atoms with E-state index in [4.69, 9.17) is 0 Å². The number of nitrogens with one attached hydrogen (secondary N) is 2. The Morgan fingerprint density at radius 3 is 2.35 bits per heavy atom. The second kappa shape index (κ2) is 8.17. The summed E-state index contributed by atoms with van der Waals surface area (Å²) in [7, 11) is 0. The van der Waals surface area contributed by atoms with Crippen molar-refractivity contribution in [1.29, 1.82) is 0 Å². The van der Waals surface area contributed by atoms with Crippen molar-refractivity contribution in [3.63, 3.8) is 0 Å². The molecule has 1 atom stereocenters. The molecule has 0 spiro atoms. The van der Waals surface area contributed by atoms with Crippen LogP contribution < -0.4 is 10.6 Å². The van der Waals surface area contributed by atoms with E-state index in [9.17, 15) is 9.59 Å². The molecule has 0 aliphatic heterocycles. The average Bonchev–Trinajstić information content (AvgIpc) is 2.68. The van der Waals surface area contributed by atoms with Gasteiger partial charge < -0.3 is 10.6 Å². The number of fused-ring (bicyclic) bond motifs is 1. The first-order valence-electron chi connectivity index (χ1n) is 9.39. The van der Waals surface area contributed by atoms with Gasteiger partial charge in [-0.15, -0.1) is 0 Å². The van der Waals surface area contributed by atoms with Crippen molar-refractivity contribution in [2.75, 3.05) is 5.32 Å². The summed E-state index contributed by atoms with van der Waals surface area (Å²) >= 11 is 0. The van der Waals surface area contributed by atoms with Crippen molar-refractivity contribution >= 4 is 17.5 Å². The Hall–Kier alpha value is -2.62. The molecule has 4 nitrogen and oxygen atoms in total. The zero-order valence-corrected chi connectivity index (χ0v) is 15.5. The minimum absolute atomic E-state index is 0.206. The fourth-order valence-corrected chi connectivity index (χ4v) is 3.38. The molecular formula is C22H26N2O2. The first kappa shape index (κ1) is 18.2. The lowest BCUT2D eigenvalue weighted by atomic mass is 9.89. The van der Waals surface area contributed by atoms with Crippen LogP contribution in [-0.4, -0.2) is 11.8 Å². The fraction of sp³-hybridized carbons (Fsp3) is 0.364. The van der Waals surface area contributed by atoms with Crippen molar-refractivity contribution in [1.82, 2.24) is 5.32 Å². The standard InChI is InChI=1S/C22H26N2O2/c1-3-16-8-12-20(13-9-16)24-22(26)21(25)23-15(2)18-11-10-17-6-4-5-7-19(17)14-18/h8-15H,3-7H2,1-2H3,(H,23,25)(H,24,26). The van der Waals surface area contributed by atoms with Crippen LogP contribution in [0, 0.1) is 0 Å². The Balaban J connectivity index is 1.60. The molecule has 4 heteroatoms. The SMILES string of the molecule is CCc1ccc(NC(=O)C(=O)NC(C)c2ccc3c(c2)CCCC3)cc1. The number of amides is 2. The minimum atomic E-state index is -0.640. The summed E-state index contributed by atoms with van der Waals surface area (Å²) in [5.41, 5.74) is 5.64. The van der Waals surface area contributed by atoms with E-state index in [1.54, 1.807) is 0 Å². The van der Waals surface area contributed by atoms with Crippen molar-refractivity contribution in [3.05, 3.63) is 64.7 Å². The third kappa shape index (κ3) is 4.31. The smallest absolute Gasteiger partial charge is 0.313 e. The molecule has 2 amide bonds. The van der Waals surface area contributed by atoms with Gasteiger partial charge in [0.05, 0.1) is 6.04 Å². The summed E-state index contributed by atoms with van der Waals surface area (Å²) in [6.07, 6.45) is 5.63. The van der Waals surface area contributed by atoms with E-state index in [2.05, 4.69) is 35.8 Å². The topological polar surface area (TPSA) is 58.2 Å². The van der Waals surface area contributed by atoms with E-state index in [0.29, 0.717) is 5.69 Å². The minimum Gasteiger partial charge on any atom is -0.341 e. The van der Waals surface area contributed by atoms with Crippen LogP contribution in [0.1, 0.15) is 55.0 Å². The quantitative estimate of drug-likeness (QED) is 0.821. The first-order chi connectivity index (χ1) is 12.6. The van der Waals surface area contributed by atoms with Crippen molar-refractivity contribution in [2.24, 2.45) is 0 Å². The Labute approximate surface area is 155 Å². The van der Waals surface area contributed by atoms with Crippen molar-refractivity contribution in [2.45, 2.75) is 52.0 Å². The summed E-state index contributed by atoms with van der Waals surface area (Å²) in [6, 6.07) is 13.7. The van der Waals surface area contributed by atoms with Crippen LogP contribution in [0.4, 0.5) is 5.69 Å². The molecule has 1 unspecified atom stereocenters. The summed E-state index contributed by atoms with van der Waals surface area (Å²) < 4.78 is 0. The van der Waals surface area contributed by atoms with Gasteiger partial charge in [0.15, 0.2) is 0 Å². The maximum absolute atomic E-state index is 12.2. The van der Waals surface area contributed by atoms with Gasteiger partial charge in [-0.1, -0.05) is 37.3 Å². The molecule has 2 N–H and O–H groups in total. The third-order valence-electron chi connectivity index (χ3n) is 5.05. The van der Waals surface area contributed by atoms with Gasteiger partial charge in [0, 0.05) is 5.69 Å². The summed E-state index contributed by atoms with van der Waals surface area (Å²) in [4.78, 5) is 24.4. The number of carbonyl (C=O) groups excluding carboxylic acids is 2. The van der Waals surface area contributed by atoms with Crippen molar-refractivity contribution < 1.29 is 9.59 Å². The second-order valence-corrected chi connectivity index (χ2v) is 6.94. The molecule has 136 valence electrons. The molecule has 0 radical (unpaired) electrons. The second-order valence-electron chi connectivity index (χ2n) is 6.94. The maximum Gasteiger partial charge on any atom is 0.313 e. The molecule has 3 rings (SSSR count). The van der Waals surface area contributed by atoms with Gasteiger partial charge in [-0.2, -0.15) is 0 Å². The normalized spacial score (nSPS) is 14.2. The van der Waals surface area contributed by atoms with Crippen molar-refractivity contribution in [3.8, 4) is 0 Å². The molecule has 2 aromatic carbocycles. The maximum atomic E-state index is 12.2. The number of carbonyl (C=O) groups is 2. The van der Waals surface area contributed by atoms with Gasteiger partial charge in [0.1, 0.15) is 0 Å². The molecule has 0 heterocycles. The molecule has 1 aliphatic carbocycles. The van der Waals surface area contributed by atoms with Crippen LogP contribution in [-0.2, 0) is 28.9 Å². The zero-order chi connectivity index (χ0) is 18.5. The van der Waals surface area contributed by atoms with Gasteiger partial charge >= 0.3 is 11.8 Å². The van der Waals surface area contributed by atoms with E-state index >= 15 is 0 Å². The number of hydrogen-bond acceptors (Lipinski definition) is 2. The van der Waals surface area contributed by atoms with E-state index in [1.807, 2.05) is 31.2 Å². The van der Waals surface area contributed by atoms with E-state index in [-0.39, 0.29) is 6.04 Å². The highest BCUT2D eigenvalue weighted by Gasteiger charge is 2.18. The molecular weight excluding hydrogens is 324 g/mol. The lowest BCUT2D eigenvalue weighted by Gasteiger charge is -2.20. The summed E-state index contributed by atoms with van der Waals surface area (Å²) in [5, 5.41) is 5.44. The highest BCUT2D eigenvalue weighted by atomic mass is 16.2. The van der Waals surface area contributed by atoms with E-state index in [1.165, 1.54) is 29.5 Å². The van der Waals surface area contributed by atoms with Crippen LogP contribution in [0.15, 0.2) is 42.5 Å². The first-order valence-corrected chi connectivity index (χ1v) is 9.39. The summed E-state index contributed by atoms with van der Waals surface area (Å²) in [5.74, 6) is -1.26. The van der Waals surface area contributed by atoms with Gasteiger partial charge in [0.2, 0.25) is 0 Å². The Morgan fingerprint density at radius 1 is 0.962 bits per heavy atom. The third-order valence-corrected chi connectivity index (χ3v) is 5.05. The molecule has 2 aromatic rings.